The van der Waals surface area contributed by atoms with Crippen LogP contribution >= 0.6 is 23.1 Å². The lowest BCUT2D eigenvalue weighted by atomic mass is 10.2. The number of ether oxygens (including phenoxy) is 1. The number of esters is 1. The lowest BCUT2D eigenvalue weighted by Gasteiger charge is -2.03. The third-order valence-corrected chi connectivity index (χ3v) is 4.22. The van der Waals surface area contributed by atoms with Crippen molar-refractivity contribution in [3.05, 3.63) is 38.9 Å². The standard InChI is InChI=1S/C11H9N3O4S2/c1-6-12-13-11(19-6)20-9-5-7(10(15)18-2)3-4-8(9)14(16)17/h3-5H,1-2H3. The van der Waals surface area contributed by atoms with Gasteiger partial charge in [0.1, 0.15) is 5.01 Å². The first-order valence-electron chi connectivity index (χ1n) is 5.36. The predicted octanol–water partition coefficient (Wildman–Crippen LogP) is 2.69. The van der Waals surface area contributed by atoms with E-state index in [0.717, 1.165) is 16.8 Å². The zero-order valence-electron chi connectivity index (χ0n) is 10.5. The molecule has 0 atom stereocenters. The normalized spacial score (nSPS) is 10.3. The fourth-order valence-corrected chi connectivity index (χ4v) is 3.32. The van der Waals surface area contributed by atoms with Crippen molar-refractivity contribution in [1.82, 2.24) is 10.2 Å². The van der Waals surface area contributed by atoms with Crippen LogP contribution < -0.4 is 0 Å². The van der Waals surface area contributed by atoms with Gasteiger partial charge in [-0.05, 0) is 19.1 Å². The summed E-state index contributed by atoms with van der Waals surface area (Å²) >= 11 is 2.43. The number of carbonyl (C=O) groups is 1. The number of aromatic nitrogens is 2. The smallest absolute Gasteiger partial charge is 0.337 e. The molecule has 20 heavy (non-hydrogen) atoms. The van der Waals surface area contributed by atoms with Crippen LogP contribution in [-0.2, 0) is 4.74 Å². The van der Waals surface area contributed by atoms with Crippen LogP contribution in [0.1, 0.15) is 15.4 Å². The molecule has 1 aromatic heterocycles. The van der Waals surface area contributed by atoms with E-state index in [4.69, 9.17) is 0 Å². The van der Waals surface area contributed by atoms with Crippen LogP contribution in [0.3, 0.4) is 0 Å². The summed E-state index contributed by atoms with van der Waals surface area (Å²) < 4.78 is 5.18. The minimum absolute atomic E-state index is 0.0875. The van der Waals surface area contributed by atoms with Gasteiger partial charge in [-0.1, -0.05) is 23.1 Å². The molecule has 1 heterocycles. The number of carbonyl (C=O) groups excluding carboxylic acids is 1. The van der Waals surface area contributed by atoms with Gasteiger partial charge in [0.2, 0.25) is 0 Å². The van der Waals surface area contributed by atoms with Gasteiger partial charge in [0.15, 0.2) is 4.34 Å². The Bertz CT molecular complexity index is 671. The van der Waals surface area contributed by atoms with Crippen molar-refractivity contribution >= 4 is 34.8 Å². The summed E-state index contributed by atoms with van der Waals surface area (Å²) in [5.41, 5.74) is 0.164. The molecule has 9 heteroatoms. The maximum Gasteiger partial charge on any atom is 0.337 e. The van der Waals surface area contributed by atoms with E-state index >= 15 is 0 Å². The Morgan fingerprint density at radius 3 is 2.75 bits per heavy atom. The summed E-state index contributed by atoms with van der Waals surface area (Å²) in [6.07, 6.45) is 0. The highest BCUT2D eigenvalue weighted by molar-refractivity contribution is 8.01. The molecule has 0 N–H and O–H groups in total. The van der Waals surface area contributed by atoms with Gasteiger partial charge in [-0.2, -0.15) is 0 Å². The van der Waals surface area contributed by atoms with Crippen molar-refractivity contribution < 1.29 is 14.5 Å². The summed E-state index contributed by atoms with van der Waals surface area (Å²) in [4.78, 5) is 22.3. The highest BCUT2D eigenvalue weighted by Crippen LogP contribution is 2.36. The Morgan fingerprint density at radius 2 is 2.20 bits per heavy atom. The molecule has 7 nitrogen and oxygen atoms in total. The molecular formula is C11H9N3O4S2. The summed E-state index contributed by atoms with van der Waals surface area (Å²) in [6.45, 7) is 1.79. The Hall–Kier alpha value is -2.00. The molecule has 0 saturated carbocycles. The van der Waals surface area contributed by atoms with Crippen LogP contribution in [0.25, 0.3) is 0 Å². The summed E-state index contributed by atoms with van der Waals surface area (Å²) in [6, 6.07) is 4.06. The van der Waals surface area contributed by atoms with Gasteiger partial charge in [-0.15, -0.1) is 10.2 Å². The zero-order chi connectivity index (χ0) is 14.7. The number of rotatable bonds is 4. The molecule has 0 bridgehead atoms. The van der Waals surface area contributed by atoms with Gasteiger partial charge in [0.25, 0.3) is 5.69 Å². The first-order valence-corrected chi connectivity index (χ1v) is 6.99. The number of aryl methyl sites for hydroxylation is 1. The fraction of sp³-hybridized carbons (Fsp3) is 0.182. The van der Waals surface area contributed by atoms with E-state index in [2.05, 4.69) is 14.9 Å². The number of nitro groups is 1. The van der Waals surface area contributed by atoms with E-state index in [-0.39, 0.29) is 11.3 Å². The van der Waals surface area contributed by atoms with E-state index in [9.17, 15) is 14.9 Å². The number of hydrogen-bond donors (Lipinski definition) is 0. The predicted molar refractivity (Wildman–Crippen MR) is 73.2 cm³/mol. The number of nitro benzene ring substituents is 1. The first-order chi connectivity index (χ1) is 9.51. The molecule has 0 fully saturated rings. The number of hydrogen-bond acceptors (Lipinski definition) is 8. The fourth-order valence-electron chi connectivity index (χ4n) is 1.41. The third-order valence-electron chi connectivity index (χ3n) is 2.28. The molecular weight excluding hydrogens is 302 g/mol. The third kappa shape index (κ3) is 3.11. The van der Waals surface area contributed by atoms with Gasteiger partial charge in [0.05, 0.1) is 22.5 Å². The van der Waals surface area contributed by atoms with Crippen molar-refractivity contribution in [3.8, 4) is 0 Å². The maximum atomic E-state index is 11.5. The monoisotopic (exact) mass is 311 g/mol. The number of methoxy groups -OCH3 is 1. The van der Waals surface area contributed by atoms with Crippen molar-refractivity contribution in [2.45, 2.75) is 16.2 Å². The lowest BCUT2D eigenvalue weighted by molar-refractivity contribution is -0.387. The van der Waals surface area contributed by atoms with Crippen molar-refractivity contribution in [2.75, 3.05) is 7.11 Å². The highest BCUT2D eigenvalue weighted by atomic mass is 32.2. The average Bonchev–Trinajstić information content (AvgIpc) is 2.82. The van der Waals surface area contributed by atoms with Crippen LogP contribution in [0.15, 0.2) is 27.4 Å². The molecule has 2 rings (SSSR count). The molecule has 0 saturated heterocycles. The van der Waals surface area contributed by atoms with E-state index in [0.29, 0.717) is 9.24 Å². The quantitative estimate of drug-likeness (QED) is 0.486. The van der Waals surface area contributed by atoms with E-state index in [1.54, 1.807) is 6.92 Å². The van der Waals surface area contributed by atoms with Crippen molar-refractivity contribution in [2.24, 2.45) is 0 Å². The molecule has 0 radical (unpaired) electrons. The Balaban J connectivity index is 2.41. The van der Waals surface area contributed by atoms with E-state index in [1.165, 1.54) is 36.6 Å². The van der Waals surface area contributed by atoms with E-state index in [1.807, 2.05) is 0 Å². The Labute approximate surface area is 122 Å². The summed E-state index contributed by atoms with van der Waals surface area (Å²) in [5.74, 6) is -0.546. The SMILES string of the molecule is COC(=O)c1ccc([N+](=O)[O-])c(Sc2nnc(C)s2)c1. The minimum atomic E-state index is -0.546. The molecule has 104 valence electrons. The minimum Gasteiger partial charge on any atom is -0.465 e. The lowest BCUT2D eigenvalue weighted by Crippen LogP contribution is -2.02. The topological polar surface area (TPSA) is 95.2 Å². The Morgan fingerprint density at radius 1 is 1.45 bits per heavy atom. The maximum absolute atomic E-state index is 11.5. The summed E-state index contributed by atoms with van der Waals surface area (Å²) in [7, 11) is 1.25. The van der Waals surface area contributed by atoms with E-state index < -0.39 is 10.9 Å². The summed E-state index contributed by atoms with van der Waals surface area (Å²) in [5, 5.41) is 19.5. The zero-order valence-corrected chi connectivity index (χ0v) is 12.2. The molecule has 0 unspecified atom stereocenters. The van der Waals surface area contributed by atoms with Gasteiger partial charge in [0, 0.05) is 6.07 Å². The highest BCUT2D eigenvalue weighted by Gasteiger charge is 2.19. The molecule has 0 aliphatic carbocycles. The van der Waals surface area contributed by atoms with Gasteiger partial charge in [-0.25, -0.2) is 4.79 Å². The van der Waals surface area contributed by atoms with Crippen molar-refractivity contribution in [1.29, 1.82) is 0 Å². The second-order valence-electron chi connectivity index (χ2n) is 3.62. The molecule has 0 spiro atoms. The number of benzene rings is 1. The van der Waals surface area contributed by atoms with Gasteiger partial charge in [-0.3, -0.25) is 10.1 Å². The van der Waals surface area contributed by atoms with Crippen LogP contribution in [0.4, 0.5) is 5.69 Å². The van der Waals surface area contributed by atoms with Crippen molar-refractivity contribution in [3.63, 3.8) is 0 Å². The molecule has 0 aliphatic heterocycles. The first kappa shape index (κ1) is 14.4. The second kappa shape index (κ2) is 5.97. The molecule has 0 amide bonds. The Kier molecular flexibility index (Phi) is 4.30. The largest absolute Gasteiger partial charge is 0.465 e. The molecule has 1 aromatic carbocycles. The number of nitrogens with zero attached hydrogens (tertiary/aromatic N) is 3. The molecule has 2 aromatic rings. The van der Waals surface area contributed by atoms with Crippen LogP contribution in [-0.4, -0.2) is 28.2 Å². The second-order valence-corrected chi connectivity index (χ2v) is 6.09. The van der Waals surface area contributed by atoms with Crippen LogP contribution in [0.5, 0.6) is 0 Å². The van der Waals surface area contributed by atoms with Crippen LogP contribution in [0.2, 0.25) is 0 Å². The average molecular weight is 311 g/mol. The van der Waals surface area contributed by atoms with Crippen LogP contribution in [0, 0.1) is 17.0 Å². The molecule has 0 aliphatic rings. The van der Waals surface area contributed by atoms with Gasteiger partial charge < -0.3 is 4.74 Å². The van der Waals surface area contributed by atoms with Gasteiger partial charge >= 0.3 is 5.97 Å².